The first-order valence-electron chi connectivity index (χ1n) is 6.61. The van der Waals surface area contributed by atoms with E-state index in [1.54, 1.807) is 4.31 Å². The molecule has 1 saturated carbocycles. The van der Waals surface area contributed by atoms with Gasteiger partial charge >= 0.3 is 0 Å². The number of hydrogen-bond donors (Lipinski definition) is 1. The lowest BCUT2D eigenvalue weighted by Gasteiger charge is -2.32. The third kappa shape index (κ3) is 3.93. The van der Waals surface area contributed by atoms with Crippen LogP contribution < -0.4 is 0 Å². The van der Waals surface area contributed by atoms with E-state index < -0.39 is 10.0 Å². The highest BCUT2D eigenvalue weighted by molar-refractivity contribution is 7.89. The van der Waals surface area contributed by atoms with Crippen molar-refractivity contribution in [1.29, 1.82) is 0 Å². The Hall–Kier alpha value is -0.130. The topological polar surface area (TPSA) is 57.6 Å². The highest BCUT2D eigenvalue weighted by atomic mass is 32.2. The molecule has 0 atom stereocenters. The average molecular weight is 263 g/mol. The van der Waals surface area contributed by atoms with E-state index in [1.165, 1.54) is 0 Å². The molecule has 0 saturated heterocycles. The van der Waals surface area contributed by atoms with Crippen LogP contribution in [0.1, 0.15) is 52.4 Å². The standard InChI is InChI=1S/C12H25NO3S/c1-11(2)13(9-6-10-14)17(15,16)12-7-4-3-5-8-12/h11-12,14H,3-10H2,1-2H3. The second-order valence-corrected chi connectivity index (χ2v) is 7.25. The van der Waals surface area contributed by atoms with Crippen LogP contribution in [0.15, 0.2) is 0 Å². The Labute approximate surface area is 105 Å². The fourth-order valence-electron chi connectivity index (χ4n) is 2.46. The van der Waals surface area contributed by atoms with Gasteiger partial charge in [0.1, 0.15) is 0 Å². The summed E-state index contributed by atoms with van der Waals surface area (Å²) in [5.74, 6) is 0. The first-order valence-corrected chi connectivity index (χ1v) is 8.12. The summed E-state index contributed by atoms with van der Waals surface area (Å²) in [5, 5.41) is 8.65. The number of hydrogen-bond acceptors (Lipinski definition) is 3. The van der Waals surface area contributed by atoms with Crippen molar-refractivity contribution < 1.29 is 13.5 Å². The zero-order valence-electron chi connectivity index (χ0n) is 10.9. The lowest BCUT2D eigenvalue weighted by atomic mass is 10.0. The van der Waals surface area contributed by atoms with Crippen molar-refractivity contribution in [2.24, 2.45) is 0 Å². The van der Waals surface area contributed by atoms with Gasteiger partial charge < -0.3 is 5.11 Å². The van der Waals surface area contributed by atoms with E-state index in [2.05, 4.69) is 0 Å². The van der Waals surface area contributed by atoms with Crippen LogP contribution in [0.4, 0.5) is 0 Å². The SMILES string of the molecule is CC(C)N(CCCO)S(=O)(=O)C1CCCCC1. The maximum Gasteiger partial charge on any atom is 0.217 e. The van der Waals surface area contributed by atoms with Crippen LogP contribution in [0.25, 0.3) is 0 Å². The van der Waals surface area contributed by atoms with E-state index >= 15 is 0 Å². The van der Waals surface area contributed by atoms with Crippen molar-refractivity contribution in [2.75, 3.05) is 13.2 Å². The molecule has 4 nitrogen and oxygen atoms in total. The molecular weight excluding hydrogens is 238 g/mol. The van der Waals surface area contributed by atoms with E-state index in [4.69, 9.17) is 5.11 Å². The van der Waals surface area contributed by atoms with Crippen molar-refractivity contribution in [3.05, 3.63) is 0 Å². The Bertz CT molecular complexity index is 308. The quantitative estimate of drug-likeness (QED) is 0.794. The fraction of sp³-hybridized carbons (Fsp3) is 1.00. The molecule has 5 heteroatoms. The molecule has 0 radical (unpaired) electrons. The van der Waals surface area contributed by atoms with Crippen LogP contribution in [0.5, 0.6) is 0 Å². The predicted molar refractivity (Wildman–Crippen MR) is 69.3 cm³/mol. The summed E-state index contributed by atoms with van der Waals surface area (Å²) in [6.07, 6.45) is 5.31. The molecule has 0 aromatic rings. The lowest BCUT2D eigenvalue weighted by Crippen LogP contribution is -2.44. The van der Waals surface area contributed by atoms with Gasteiger partial charge in [-0.3, -0.25) is 0 Å². The molecule has 1 N–H and O–H groups in total. The summed E-state index contributed by atoms with van der Waals surface area (Å²) in [5.41, 5.74) is 0. The third-order valence-corrected chi connectivity index (χ3v) is 5.98. The van der Waals surface area contributed by atoms with Crippen molar-refractivity contribution in [2.45, 2.75) is 63.7 Å². The van der Waals surface area contributed by atoms with Crippen molar-refractivity contribution >= 4 is 10.0 Å². The third-order valence-electron chi connectivity index (χ3n) is 3.41. The van der Waals surface area contributed by atoms with Gasteiger partial charge in [0, 0.05) is 19.2 Å². The van der Waals surface area contributed by atoms with Gasteiger partial charge in [-0.05, 0) is 33.1 Å². The molecule has 102 valence electrons. The summed E-state index contributed by atoms with van der Waals surface area (Å²) >= 11 is 0. The number of aliphatic hydroxyl groups excluding tert-OH is 1. The zero-order valence-corrected chi connectivity index (χ0v) is 11.7. The highest BCUT2D eigenvalue weighted by Crippen LogP contribution is 2.27. The number of nitrogens with zero attached hydrogens (tertiary/aromatic N) is 1. The van der Waals surface area contributed by atoms with Gasteiger partial charge in [-0.2, -0.15) is 4.31 Å². The number of sulfonamides is 1. The van der Waals surface area contributed by atoms with Gasteiger partial charge in [0.25, 0.3) is 0 Å². The minimum atomic E-state index is -3.17. The minimum Gasteiger partial charge on any atom is -0.396 e. The van der Waals surface area contributed by atoms with Gasteiger partial charge in [0.15, 0.2) is 0 Å². The van der Waals surface area contributed by atoms with Crippen molar-refractivity contribution in [1.82, 2.24) is 4.31 Å². The molecule has 0 aliphatic heterocycles. The molecule has 1 fully saturated rings. The molecule has 0 unspecified atom stereocenters. The minimum absolute atomic E-state index is 0.0199. The second-order valence-electron chi connectivity index (χ2n) is 5.09. The monoisotopic (exact) mass is 263 g/mol. The van der Waals surface area contributed by atoms with Crippen LogP contribution in [-0.4, -0.2) is 42.3 Å². The van der Waals surface area contributed by atoms with E-state index in [0.717, 1.165) is 32.1 Å². The summed E-state index contributed by atoms with van der Waals surface area (Å²) in [4.78, 5) is 0. The highest BCUT2D eigenvalue weighted by Gasteiger charge is 2.33. The Morgan fingerprint density at radius 3 is 2.29 bits per heavy atom. The molecule has 0 bridgehead atoms. The smallest absolute Gasteiger partial charge is 0.217 e. The fourth-order valence-corrected chi connectivity index (χ4v) is 4.74. The number of rotatable bonds is 6. The maximum atomic E-state index is 12.5. The molecule has 1 aliphatic rings. The molecule has 17 heavy (non-hydrogen) atoms. The Balaban J connectivity index is 2.75. The van der Waals surface area contributed by atoms with E-state index in [1.807, 2.05) is 13.8 Å². The molecular formula is C12H25NO3S. The predicted octanol–water partition coefficient (Wildman–Crippen LogP) is 1.74. The molecule has 0 aromatic heterocycles. The lowest BCUT2D eigenvalue weighted by molar-refractivity contribution is 0.256. The molecule has 0 aromatic carbocycles. The van der Waals surface area contributed by atoms with Crippen LogP contribution in [-0.2, 0) is 10.0 Å². The second kappa shape index (κ2) is 6.71. The average Bonchev–Trinajstić information content (AvgIpc) is 2.30. The summed E-state index contributed by atoms with van der Waals surface area (Å²) < 4.78 is 26.5. The molecule has 1 aliphatic carbocycles. The molecule has 1 rings (SSSR count). The summed E-state index contributed by atoms with van der Waals surface area (Å²) in [6, 6.07) is -0.0199. The first kappa shape index (κ1) is 14.9. The van der Waals surface area contributed by atoms with Crippen molar-refractivity contribution in [3.63, 3.8) is 0 Å². The molecule has 0 amide bonds. The Morgan fingerprint density at radius 2 is 1.82 bits per heavy atom. The normalized spacial score (nSPS) is 19.1. The molecule has 0 spiro atoms. The largest absolute Gasteiger partial charge is 0.396 e. The summed E-state index contributed by atoms with van der Waals surface area (Å²) in [6.45, 7) is 4.28. The van der Waals surface area contributed by atoms with Gasteiger partial charge in [0.05, 0.1) is 5.25 Å². The van der Waals surface area contributed by atoms with Crippen LogP contribution in [0, 0.1) is 0 Å². The van der Waals surface area contributed by atoms with Gasteiger partial charge in [0.2, 0.25) is 10.0 Å². The number of aliphatic hydroxyl groups is 1. The van der Waals surface area contributed by atoms with E-state index in [9.17, 15) is 8.42 Å². The molecule has 0 heterocycles. The summed E-state index contributed by atoms with van der Waals surface area (Å²) in [7, 11) is -3.17. The Morgan fingerprint density at radius 1 is 1.24 bits per heavy atom. The first-order chi connectivity index (χ1) is 8.00. The van der Waals surface area contributed by atoms with Crippen LogP contribution in [0.2, 0.25) is 0 Å². The van der Waals surface area contributed by atoms with Gasteiger partial charge in [-0.25, -0.2) is 8.42 Å². The Kier molecular flexibility index (Phi) is 5.89. The van der Waals surface area contributed by atoms with Gasteiger partial charge in [-0.1, -0.05) is 19.3 Å². The maximum absolute atomic E-state index is 12.5. The van der Waals surface area contributed by atoms with E-state index in [-0.39, 0.29) is 17.9 Å². The van der Waals surface area contributed by atoms with Crippen LogP contribution >= 0.6 is 0 Å². The van der Waals surface area contributed by atoms with Crippen molar-refractivity contribution in [3.8, 4) is 0 Å². The zero-order chi connectivity index (χ0) is 12.9. The van der Waals surface area contributed by atoms with E-state index in [0.29, 0.717) is 13.0 Å². The van der Waals surface area contributed by atoms with Gasteiger partial charge in [-0.15, -0.1) is 0 Å². The van der Waals surface area contributed by atoms with Crippen LogP contribution in [0.3, 0.4) is 0 Å².